The molecule has 1 aromatic carbocycles. The number of methoxy groups -OCH3 is 1. The molecule has 2 N–H and O–H groups in total. The second-order valence-corrected chi connectivity index (χ2v) is 3.08. The molecule has 0 fully saturated rings. The number of esters is 1. The van der Waals surface area contributed by atoms with E-state index in [1.807, 2.05) is 0 Å². The van der Waals surface area contributed by atoms with Crippen molar-refractivity contribution >= 4 is 23.6 Å². The average molecular weight is 212 g/mol. The Kier molecular flexibility index (Phi) is 3.54. The van der Waals surface area contributed by atoms with Gasteiger partial charge in [-0.15, -0.1) is 0 Å². The van der Waals surface area contributed by atoms with Gasteiger partial charge in [-0.3, -0.25) is 0 Å². The quantitative estimate of drug-likeness (QED) is 0.600. The molecule has 0 aliphatic rings. The average Bonchev–Trinajstić information content (AvgIpc) is 2.16. The fourth-order valence-corrected chi connectivity index (χ4v) is 1.15. The van der Waals surface area contributed by atoms with Crippen LogP contribution in [0, 0.1) is 0 Å². The SMILES string of the molecule is COC(=O)C(N)=Cc1cccc(Cl)c1. The zero-order valence-corrected chi connectivity index (χ0v) is 8.41. The van der Waals surface area contributed by atoms with E-state index in [0.717, 1.165) is 5.56 Å². The summed E-state index contributed by atoms with van der Waals surface area (Å²) in [6.07, 6.45) is 1.51. The van der Waals surface area contributed by atoms with Crippen molar-refractivity contribution in [3.05, 3.63) is 40.5 Å². The van der Waals surface area contributed by atoms with Gasteiger partial charge in [0.1, 0.15) is 5.70 Å². The molecule has 0 saturated heterocycles. The van der Waals surface area contributed by atoms with E-state index in [4.69, 9.17) is 17.3 Å². The zero-order valence-electron chi connectivity index (χ0n) is 7.66. The predicted molar refractivity (Wildman–Crippen MR) is 55.6 cm³/mol. The molecular weight excluding hydrogens is 202 g/mol. The number of hydrogen-bond acceptors (Lipinski definition) is 3. The minimum Gasteiger partial charge on any atom is -0.464 e. The summed E-state index contributed by atoms with van der Waals surface area (Å²) in [5.74, 6) is -0.551. The Bertz CT molecular complexity index is 374. The lowest BCUT2D eigenvalue weighted by Crippen LogP contribution is -2.12. The van der Waals surface area contributed by atoms with Crippen LogP contribution in [0.5, 0.6) is 0 Å². The van der Waals surface area contributed by atoms with Gasteiger partial charge < -0.3 is 10.5 Å². The van der Waals surface area contributed by atoms with Crippen molar-refractivity contribution in [1.82, 2.24) is 0 Å². The molecule has 0 heterocycles. The maximum absolute atomic E-state index is 11.0. The molecule has 0 atom stereocenters. The largest absolute Gasteiger partial charge is 0.464 e. The molecule has 4 heteroatoms. The third-order valence-corrected chi connectivity index (χ3v) is 1.83. The number of carbonyl (C=O) groups is 1. The van der Waals surface area contributed by atoms with Gasteiger partial charge in [-0.1, -0.05) is 23.7 Å². The van der Waals surface area contributed by atoms with Crippen LogP contribution in [0.15, 0.2) is 30.0 Å². The minimum absolute atomic E-state index is 0.0507. The van der Waals surface area contributed by atoms with E-state index < -0.39 is 5.97 Å². The highest BCUT2D eigenvalue weighted by atomic mass is 35.5. The third-order valence-electron chi connectivity index (χ3n) is 1.59. The zero-order chi connectivity index (χ0) is 10.6. The highest BCUT2D eigenvalue weighted by Crippen LogP contribution is 2.12. The summed E-state index contributed by atoms with van der Waals surface area (Å²) in [7, 11) is 1.28. The van der Waals surface area contributed by atoms with Crippen molar-refractivity contribution in [2.75, 3.05) is 7.11 Å². The van der Waals surface area contributed by atoms with Crippen molar-refractivity contribution < 1.29 is 9.53 Å². The second-order valence-electron chi connectivity index (χ2n) is 2.65. The van der Waals surface area contributed by atoms with Gasteiger partial charge in [0.15, 0.2) is 0 Å². The molecule has 0 radical (unpaired) electrons. The summed E-state index contributed by atoms with van der Waals surface area (Å²) in [5.41, 5.74) is 6.27. The topological polar surface area (TPSA) is 52.3 Å². The van der Waals surface area contributed by atoms with Crippen LogP contribution in [-0.4, -0.2) is 13.1 Å². The van der Waals surface area contributed by atoms with E-state index in [9.17, 15) is 4.79 Å². The number of carbonyl (C=O) groups excluding carboxylic acids is 1. The Morgan fingerprint density at radius 1 is 1.57 bits per heavy atom. The number of ether oxygens (including phenoxy) is 1. The summed E-state index contributed by atoms with van der Waals surface area (Å²) >= 11 is 5.76. The minimum atomic E-state index is -0.551. The number of hydrogen-bond donors (Lipinski definition) is 1. The molecule has 0 spiro atoms. The van der Waals surface area contributed by atoms with Crippen LogP contribution in [0.3, 0.4) is 0 Å². The first-order valence-corrected chi connectivity index (χ1v) is 4.32. The summed E-state index contributed by atoms with van der Waals surface area (Å²) in [6, 6.07) is 7.02. The van der Waals surface area contributed by atoms with E-state index in [1.165, 1.54) is 13.2 Å². The first-order chi connectivity index (χ1) is 6.63. The number of benzene rings is 1. The van der Waals surface area contributed by atoms with Gasteiger partial charge in [-0.05, 0) is 23.8 Å². The summed E-state index contributed by atoms with van der Waals surface area (Å²) in [5, 5.41) is 0.594. The predicted octanol–water partition coefficient (Wildman–Crippen LogP) is 1.81. The monoisotopic (exact) mass is 211 g/mol. The molecule has 74 valence electrons. The second kappa shape index (κ2) is 4.67. The standard InChI is InChI=1S/C10H10ClNO2/c1-14-10(13)9(12)6-7-3-2-4-8(11)5-7/h2-6H,12H2,1H3. The summed E-state index contributed by atoms with van der Waals surface area (Å²) in [4.78, 5) is 11.0. The normalized spacial score (nSPS) is 11.1. The van der Waals surface area contributed by atoms with Crippen LogP contribution in [0.4, 0.5) is 0 Å². The molecule has 0 bridgehead atoms. The van der Waals surface area contributed by atoms with Gasteiger partial charge in [0.05, 0.1) is 7.11 Å². The van der Waals surface area contributed by atoms with Gasteiger partial charge >= 0.3 is 5.97 Å². The Hall–Kier alpha value is -1.48. The lowest BCUT2D eigenvalue weighted by molar-refractivity contribution is -0.136. The van der Waals surface area contributed by atoms with Crippen LogP contribution in [0.2, 0.25) is 5.02 Å². The van der Waals surface area contributed by atoms with Gasteiger partial charge in [-0.2, -0.15) is 0 Å². The molecule has 1 rings (SSSR count). The highest BCUT2D eigenvalue weighted by molar-refractivity contribution is 6.30. The Morgan fingerprint density at radius 3 is 2.86 bits per heavy atom. The molecule has 1 aromatic rings. The molecule has 0 aromatic heterocycles. The highest BCUT2D eigenvalue weighted by Gasteiger charge is 2.03. The molecule has 0 aliphatic heterocycles. The Labute approximate surface area is 87.1 Å². The summed E-state index contributed by atoms with van der Waals surface area (Å²) < 4.78 is 4.45. The molecule has 0 unspecified atom stereocenters. The van der Waals surface area contributed by atoms with E-state index >= 15 is 0 Å². The fraction of sp³-hybridized carbons (Fsp3) is 0.100. The van der Waals surface area contributed by atoms with Crippen molar-refractivity contribution in [1.29, 1.82) is 0 Å². The lowest BCUT2D eigenvalue weighted by Gasteiger charge is -1.99. The van der Waals surface area contributed by atoms with Gasteiger partial charge in [-0.25, -0.2) is 4.79 Å². The van der Waals surface area contributed by atoms with E-state index in [2.05, 4.69) is 4.74 Å². The van der Waals surface area contributed by atoms with Gasteiger partial charge in [0.25, 0.3) is 0 Å². The summed E-state index contributed by atoms with van der Waals surface area (Å²) in [6.45, 7) is 0. The van der Waals surface area contributed by atoms with Crippen molar-refractivity contribution in [3.8, 4) is 0 Å². The maximum Gasteiger partial charge on any atom is 0.353 e. The van der Waals surface area contributed by atoms with E-state index in [1.54, 1.807) is 24.3 Å². The first-order valence-electron chi connectivity index (χ1n) is 3.94. The van der Waals surface area contributed by atoms with Gasteiger partial charge in [0, 0.05) is 5.02 Å². The molecule has 0 aliphatic carbocycles. The number of rotatable bonds is 2. The Morgan fingerprint density at radius 2 is 2.29 bits per heavy atom. The van der Waals surface area contributed by atoms with Crippen molar-refractivity contribution in [2.24, 2.45) is 5.73 Å². The van der Waals surface area contributed by atoms with Gasteiger partial charge in [0.2, 0.25) is 0 Å². The Balaban J connectivity index is 2.91. The number of halogens is 1. The van der Waals surface area contributed by atoms with Crippen LogP contribution in [0.25, 0.3) is 6.08 Å². The van der Waals surface area contributed by atoms with Crippen LogP contribution >= 0.6 is 11.6 Å². The number of nitrogens with two attached hydrogens (primary N) is 1. The smallest absolute Gasteiger partial charge is 0.353 e. The van der Waals surface area contributed by atoms with Crippen molar-refractivity contribution in [3.63, 3.8) is 0 Å². The van der Waals surface area contributed by atoms with E-state index in [0.29, 0.717) is 5.02 Å². The fourth-order valence-electron chi connectivity index (χ4n) is 0.953. The molecule has 3 nitrogen and oxygen atoms in total. The van der Waals surface area contributed by atoms with Crippen LogP contribution in [-0.2, 0) is 9.53 Å². The van der Waals surface area contributed by atoms with E-state index in [-0.39, 0.29) is 5.70 Å². The lowest BCUT2D eigenvalue weighted by atomic mass is 10.2. The van der Waals surface area contributed by atoms with Crippen LogP contribution in [0.1, 0.15) is 5.56 Å². The molecular formula is C10H10ClNO2. The first kappa shape index (κ1) is 10.6. The van der Waals surface area contributed by atoms with Crippen molar-refractivity contribution in [2.45, 2.75) is 0 Å². The maximum atomic E-state index is 11.0. The van der Waals surface area contributed by atoms with Crippen LogP contribution < -0.4 is 5.73 Å². The molecule has 0 amide bonds. The molecule has 14 heavy (non-hydrogen) atoms. The third kappa shape index (κ3) is 2.78. The molecule has 0 saturated carbocycles.